The van der Waals surface area contributed by atoms with Gasteiger partial charge in [-0.2, -0.15) is 0 Å². The third-order valence-corrected chi connectivity index (χ3v) is 9.59. The summed E-state index contributed by atoms with van der Waals surface area (Å²) in [5.41, 5.74) is 5.60. The highest BCUT2D eigenvalue weighted by Gasteiger charge is 2.57. The van der Waals surface area contributed by atoms with Crippen molar-refractivity contribution in [2.24, 2.45) is 28.6 Å². The third kappa shape index (κ3) is 3.51. The summed E-state index contributed by atoms with van der Waals surface area (Å²) in [4.78, 5) is 4.17. The summed E-state index contributed by atoms with van der Waals surface area (Å²) >= 11 is 0. The Morgan fingerprint density at radius 3 is 2.67 bits per heavy atom. The smallest absolute Gasteiger partial charge is 0.265 e. The molecule has 178 valence electrons. The highest BCUT2D eigenvalue weighted by atomic mass is 19.3. The Morgan fingerprint density at radius 2 is 1.94 bits per heavy atom. The predicted molar refractivity (Wildman–Crippen MR) is 129 cm³/mol. The molecule has 0 saturated heterocycles. The van der Waals surface area contributed by atoms with Crippen molar-refractivity contribution < 1.29 is 13.5 Å². The van der Waals surface area contributed by atoms with Crippen LogP contribution < -0.4 is 0 Å². The number of alkyl halides is 2. The summed E-state index contributed by atoms with van der Waals surface area (Å²) in [6.45, 7) is 10.0. The molecule has 33 heavy (non-hydrogen) atoms. The van der Waals surface area contributed by atoms with E-state index in [1.165, 1.54) is 31.0 Å². The molecule has 4 heteroatoms. The number of aromatic nitrogens is 1. The van der Waals surface area contributed by atoms with Gasteiger partial charge < -0.3 is 4.74 Å². The van der Waals surface area contributed by atoms with Gasteiger partial charge >= 0.3 is 0 Å². The molecular formula is C29H37F2NO. The van der Waals surface area contributed by atoms with Crippen molar-refractivity contribution in [3.63, 3.8) is 0 Å². The van der Waals surface area contributed by atoms with Crippen LogP contribution >= 0.6 is 0 Å². The van der Waals surface area contributed by atoms with E-state index < -0.39 is 6.43 Å². The molecule has 1 heterocycles. The zero-order valence-corrected chi connectivity index (χ0v) is 20.5. The van der Waals surface area contributed by atoms with Crippen LogP contribution in [0.25, 0.3) is 5.57 Å². The summed E-state index contributed by atoms with van der Waals surface area (Å²) in [7, 11) is 0. The minimum atomic E-state index is -2.48. The highest BCUT2D eigenvalue weighted by molar-refractivity contribution is 5.73. The van der Waals surface area contributed by atoms with Gasteiger partial charge in [0.1, 0.15) is 0 Å². The molecule has 4 aliphatic rings. The Morgan fingerprint density at radius 1 is 1.12 bits per heavy atom. The van der Waals surface area contributed by atoms with E-state index in [-0.39, 0.29) is 16.4 Å². The van der Waals surface area contributed by atoms with E-state index in [0.717, 1.165) is 43.6 Å². The molecule has 2 nitrogen and oxygen atoms in total. The van der Waals surface area contributed by atoms with Crippen molar-refractivity contribution in [3.8, 4) is 0 Å². The van der Waals surface area contributed by atoms with E-state index in [9.17, 15) is 8.78 Å². The molecule has 0 aromatic carbocycles. The quantitative estimate of drug-likeness (QED) is 0.447. The Kier molecular flexibility index (Phi) is 5.77. The molecule has 5 atom stereocenters. The number of hydrogen-bond acceptors (Lipinski definition) is 2. The summed E-state index contributed by atoms with van der Waals surface area (Å²) in [5, 5.41) is 0. The van der Waals surface area contributed by atoms with Crippen LogP contribution in [0.2, 0.25) is 0 Å². The highest BCUT2D eigenvalue weighted by Crippen LogP contribution is 2.67. The number of ether oxygens (including phenoxy) is 1. The summed E-state index contributed by atoms with van der Waals surface area (Å²) < 4.78 is 32.7. The third-order valence-electron chi connectivity index (χ3n) is 9.59. The van der Waals surface area contributed by atoms with Crippen molar-refractivity contribution >= 4 is 5.57 Å². The van der Waals surface area contributed by atoms with Gasteiger partial charge in [-0.25, -0.2) is 8.78 Å². The van der Waals surface area contributed by atoms with E-state index in [1.54, 1.807) is 23.4 Å². The molecule has 0 spiro atoms. The molecule has 0 N–H and O–H groups in total. The van der Waals surface area contributed by atoms with Gasteiger partial charge in [-0.05, 0) is 103 Å². The topological polar surface area (TPSA) is 22.1 Å². The molecule has 0 aliphatic heterocycles. The lowest BCUT2D eigenvalue weighted by atomic mass is 9.46. The fourth-order valence-electron chi connectivity index (χ4n) is 7.94. The second-order valence-corrected chi connectivity index (χ2v) is 11.0. The number of allylic oxidation sites excluding steroid dienone is 6. The fourth-order valence-corrected chi connectivity index (χ4v) is 7.94. The SMILES string of the molecule is CCOC1=CC2=C(CC)C[C@@H]3[C@H](CC[C@]4(C)C(c5cncc(C(F)F)c5)=CC[C@@H]34)[C@@]2(C)CC1. The first kappa shape index (κ1) is 22.8. The van der Waals surface area contributed by atoms with Gasteiger partial charge in [-0.15, -0.1) is 0 Å². The van der Waals surface area contributed by atoms with Gasteiger partial charge in [-0.3, -0.25) is 4.98 Å². The minimum Gasteiger partial charge on any atom is -0.498 e. The number of pyridine rings is 1. The second-order valence-electron chi connectivity index (χ2n) is 11.0. The number of fused-ring (bicyclic) bond motifs is 5. The van der Waals surface area contributed by atoms with Crippen LogP contribution in [-0.4, -0.2) is 11.6 Å². The van der Waals surface area contributed by atoms with Gasteiger partial charge in [0.05, 0.1) is 12.4 Å². The van der Waals surface area contributed by atoms with Crippen molar-refractivity contribution in [2.45, 2.75) is 79.1 Å². The standard InChI is InChI=1S/C29H37F2NO/c1-5-18-14-22-24-8-7-23(19-13-20(27(30)31)17-32-16-19)28(24,3)12-10-25(22)29(4)11-9-21(33-6-2)15-26(18)29/h7,13,15-17,22,24-25,27H,5-6,8-12,14H2,1-4H3/t22-,24-,25-,28+,29+/m0/s1. The lowest BCUT2D eigenvalue weighted by molar-refractivity contribution is -0.00850. The average molecular weight is 454 g/mol. The molecule has 5 rings (SSSR count). The zero-order chi connectivity index (χ0) is 23.4. The number of nitrogens with zero attached hydrogens (tertiary/aromatic N) is 1. The number of rotatable bonds is 5. The summed E-state index contributed by atoms with van der Waals surface area (Å²) in [5.74, 6) is 3.05. The van der Waals surface area contributed by atoms with E-state index in [4.69, 9.17) is 4.74 Å². The van der Waals surface area contributed by atoms with Crippen molar-refractivity contribution in [3.05, 3.63) is 58.6 Å². The monoisotopic (exact) mass is 453 g/mol. The molecule has 0 bridgehead atoms. The molecule has 1 aromatic rings. The van der Waals surface area contributed by atoms with Gasteiger partial charge in [0, 0.05) is 24.4 Å². The second kappa shape index (κ2) is 8.36. The molecule has 1 aromatic heterocycles. The Labute approximate surface area is 197 Å². The maximum Gasteiger partial charge on any atom is 0.265 e. The van der Waals surface area contributed by atoms with Crippen molar-refractivity contribution in [1.82, 2.24) is 4.98 Å². The number of hydrogen-bond donors (Lipinski definition) is 0. The lowest BCUT2D eigenvalue weighted by Gasteiger charge is -2.58. The average Bonchev–Trinajstić information content (AvgIpc) is 3.16. The molecule has 0 radical (unpaired) electrons. The van der Waals surface area contributed by atoms with Gasteiger partial charge in [-0.1, -0.05) is 32.4 Å². The van der Waals surface area contributed by atoms with Crippen LogP contribution in [0.5, 0.6) is 0 Å². The van der Waals surface area contributed by atoms with Crippen LogP contribution in [0.1, 0.15) is 90.2 Å². The van der Waals surface area contributed by atoms with Gasteiger partial charge in [0.15, 0.2) is 0 Å². The normalized spacial score (nSPS) is 35.5. The predicted octanol–water partition coefficient (Wildman–Crippen LogP) is 8.29. The maximum absolute atomic E-state index is 13.4. The molecule has 0 amide bonds. The Balaban J connectivity index is 1.49. The molecule has 1 saturated carbocycles. The summed E-state index contributed by atoms with van der Waals surface area (Å²) in [6.07, 6.45) is 13.2. The molecular weight excluding hydrogens is 416 g/mol. The Hall–Kier alpha value is -1.97. The molecule has 0 unspecified atom stereocenters. The van der Waals surface area contributed by atoms with Crippen LogP contribution in [0.3, 0.4) is 0 Å². The van der Waals surface area contributed by atoms with E-state index in [1.807, 2.05) is 0 Å². The molecule has 1 fully saturated rings. The van der Waals surface area contributed by atoms with E-state index >= 15 is 0 Å². The molecule has 4 aliphatic carbocycles. The van der Waals surface area contributed by atoms with E-state index in [0.29, 0.717) is 17.8 Å². The first-order valence-corrected chi connectivity index (χ1v) is 12.8. The first-order valence-electron chi connectivity index (χ1n) is 12.8. The van der Waals surface area contributed by atoms with E-state index in [2.05, 4.69) is 44.8 Å². The Bertz CT molecular complexity index is 1020. The van der Waals surface area contributed by atoms with Crippen LogP contribution in [0.15, 0.2) is 47.5 Å². The largest absolute Gasteiger partial charge is 0.498 e. The van der Waals surface area contributed by atoms with Gasteiger partial charge in [0.25, 0.3) is 6.43 Å². The van der Waals surface area contributed by atoms with Crippen LogP contribution in [0.4, 0.5) is 8.78 Å². The first-order chi connectivity index (χ1) is 15.8. The van der Waals surface area contributed by atoms with Crippen molar-refractivity contribution in [2.75, 3.05) is 6.61 Å². The van der Waals surface area contributed by atoms with Gasteiger partial charge in [0.2, 0.25) is 0 Å². The van der Waals surface area contributed by atoms with Crippen LogP contribution in [0, 0.1) is 28.6 Å². The number of halogens is 2. The zero-order valence-electron chi connectivity index (χ0n) is 20.5. The maximum atomic E-state index is 13.4. The summed E-state index contributed by atoms with van der Waals surface area (Å²) in [6, 6.07) is 1.67. The van der Waals surface area contributed by atoms with Crippen LogP contribution in [-0.2, 0) is 4.74 Å². The lowest BCUT2D eigenvalue weighted by Crippen LogP contribution is -2.49. The minimum absolute atomic E-state index is 0.0271. The fraction of sp³-hybridized carbons (Fsp3) is 0.621. The van der Waals surface area contributed by atoms with Crippen molar-refractivity contribution in [1.29, 1.82) is 0 Å².